The van der Waals surface area contributed by atoms with E-state index in [2.05, 4.69) is 36.7 Å². The predicted octanol–water partition coefficient (Wildman–Crippen LogP) is 4.37. The van der Waals surface area contributed by atoms with E-state index in [0.29, 0.717) is 5.41 Å². The van der Waals surface area contributed by atoms with E-state index in [1.54, 1.807) is 11.3 Å². The highest BCUT2D eigenvalue weighted by molar-refractivity contribution is 9.11. The molecule has 0 saturated heterocycles. The molecule has 0 aliphatic carbocycles. The van der Waals surface area contributed by atoms with Gasteiger partial charge in [-0.2, -0.15) is 0 Å². The lowest BCUT2D eigenvalue weighted by atomic mass is 9.88. The third kappa shape index (κ3) is 4.11. The second kappa shape index (κ2) is 4.77. The maximum Gasteiger partial charge on any atom is 0.0798 e. The Labute approximate surface area is 98.3 Å². The molecule has 1 atom stereocenters. The van der Waals surface area contributed by atoms with E-state index in [-0.39, 0.29) is 6.10 Å². The molecule has 0 radical (unpaired) electrons. The van der Waals surface area contributed by atoms with Gasteiger partial charge in [-0.05, 0) is 51.2 Å². The van der Waals surface area contributed by atoms with Gasteiger partial charge in [-0.15, -0.1) is 11.3 Å². The first-order valence-corrected chi connectivity index (χ1v) is 6.48. The number of aliphatic hydroxyl groups excluding tert-OH is 1. The zero-order valence-corrected chi connectivity index (χ0v) is 11.3. The molecule has 0 fully saturated rings. The zero-order chi connectivity index (χ0) is 10.8. The Balaban J connectivity index is 2.47. The van der Waals surface area contributed by atoms with Crippen molar-refractivity contribution in [3.63, 3.8) is 0 Å². The number of halogens is 1. The molecule has 80 valence electrons. The molecule has 3 heteroatoms. The Morgan fingerprint density at radius 1 is 1.50 bits per heavy atom. The topological polar surface area (TPSA) is 20.2 Å². The smallest absolute Gasteiger partial charge is 0.0798 e. The number of thiophene rings is 1. The van der Waals surface area contributed by atoms with Gasteiger partial charge in [0.05, 0.1) is 9.89 Å². The summed E-state index contributed by atoms with van der Waals surface area (Å²) in [5, 5.41) is 11.9. The van der Waals surface area contributed by atoms with Crippen LogP contribution in [-0.2, 0) is 0 Å². The number of aliphatic hydroxyl groups is 1. The van der Waals surface area contributed by atoms with Crippen molar-refractivity contribution >= 4 is 27.3 Å². The Morgan fingerprint density at radius 2 is 2.14 bits per heavy atom. The Bertz CT molecular complexity index is 288. The van der Waals surface area contributed by atoms with Gasteiger partial charge in [0, 0.05) is 0 Å². The molecule has 1 nitrogen and oxygen atoms in total. The van der Waals surface area contributed by atoms with Crippen molar-refractivity contribution in [3.05, 3.63) is 20.8 Å². The van der Waals surface area contributed by atoms with Gasteiger partial charge in [-0.3, -0.25) is 0 Å². The molecular formula is C11H17BrOS. The molecule has 1 aromatic heterocycles. The van der Waals surface area contributed by atoms with Crippen molar-refractivity contribution in [2.75, 3.05) is 0 Å². The lowest BCUT2D eigenvalue weighted by Crippen LogP contribution is -2.07. The summed E-state index contributed by atoms with van der Waals surface area (Å²) in [4.78, 5) is 0. The fourth-order valence-corrected chi connectivity index (χ4v) is 2.46. The molecule has 0 bridgehead atoms. The highest BCUT2D eigenvalue weighted by Gasteiger charge is 2.15. The molecule has 14 heavy (non-hydrogen) atoms. The Kier molecular flexibility index (Phi) is 4.16. The average molecular weight is 277 g/mol. The lowest BCUT2D eigenvalue weighted by Gasteiger charge is -2.19. The lowest BCUT2D eigenvalue weighted by molar-refractivity contribution is 0.148. The van der Waals surface area contributed by atoms with Crippen molar-refractivity contribution in [1.29, 1.82) is 0 Å². The second-order valence-corrected chi connectivity index (χ2v) is 7.09. The Hall–Kier alpha value is 0.140. The molecule has 1 aromatic rings. The van der Waals surface area contributed by atoms with Crippen molar-refractivity contribution in [2.24, 2.45) is 5.41 Å². The van der Waals surface area contributed by atoms with Crippen LogP contribution in [0.1, 0.15) is 45.3 Å². The third-order valence-corrected chi connectivity index (χ3v) is 3.66. The van der Waals surface area contributed by atoms with Gasteiger partial charge in [0.25, 0.3) is 0 Å². The van der Waals surface area contributed by atoms with Crippen molar-refractivity contribution in [2.45, 2.75) is 39.7 Å². The van der Waals surface area contributed by atoms with Gasteiger partial charge >= 0.3 is 0 Å². The van der Waals surface area contributed by atoms with Gasteiger partial charge in [-0.25, -0.2) is 0 Å². The summed E-state index contributed by atoms with van der Waals surface area (Å²) in [6.07, 6.45) is 1.57. The Morgan fingerprint density at radius 3 is 2.57 bits per heavy atom. The van der Waals surface area contributed by atoms with Crippen molar-refractivity contribution in [3.8, 4) is 0 Å². The van der Waals surface area contributed by atoms with Crippen LogP contribution in [0.2, 0.25) is 0 Å². The fraction of sp³-hybridized carbons (Fsp3) is 0.636. The molecule has 1 N–H and O–H groups in total. The standard InChI is InChI=1S/C11H17BrOS/c1-11(2,3)5-4-9(13)8-6-10(12)14-7-8/h6-7,9,13H,4-5H2,1-3H3. The summed E-state index contributed by atoms with van der Waals surface area (Å²) in [6, 6.07) is 2.00. The van der Waals surface area contributed by atoms with Crippen LogP contribution >= 0.6 is 27.3 Å². The highest BCUT2D eigenvalue weighted by Crippen LogP contribution is 2.31. The molecule has 0 aliphatic rings. The summed E-state index contributed by atoms with van der Waals surface area (Å²) in [5.74, 6) is 0. The van der Waals surface area contributed by atoms with Crippen molar-refractivity contribution in [1.82, 2.24) is 0 Å². The summed E-state index contributed by atoms with van der Waals surface area (Å²) >= 11 is 5.02. The fourth-order valence-electron chi connectivity index (χ4n) is 1.23. The minimum Gasteiger partial charge on any atom is -0.388 e. The quantitative estimate of drug-likeness (QED) is 0.869. The summed E-state index contributed by atoms with van der Waals surface area (Å²) < 4.78 is 1.09. The van der Waals surface area contributed by atoms with Crippen LogP contribution in [0, 0.1) is 5.41 Å². The van der Waals surface area contributed by atoms with Gasteiger partial charge in [0.15, 0.2) is 0 Å². The van der Waals surface area contributed by atoms with Crippen molar-refractivity contribution < 1.29 is 5.11 Å². The molecule has 0 saturated carbocycles. The second-order valence-electron chi connectivity index (χ2n) is 4.80. The SMILES string of the molecule is CC(C)(C)CCC(O)c1csc(Br)c1. The first-order valence-electron chi connectivity index (χ1n) is 4.80. The van der Waals surface area contributed by atoms with Gasteiger partial charge in [-0.1, -0.05) is 20.8 Å². The van der Waals surface area contributed by atoms with E-state index >= 15 is 0 Å². The van der Waals surface area contributed by atoms with Crippen LogP contribution in [0.4, 0.5) is 0 Å². The van der Waals surface area contributed by atoms with E-state index in [4.69, 9.17) is 0 Å². The molecule has 0 amide bonds. The molecule has 1 heterocycles. The van der Waals surface area contributed by atoms with E-state index in [0.717, 1.165) is 22.2 Å². The minimum atomic E-state index is -0.309. The molecule has 0 aromatic carbocycles. The third-order valence-electron chi connectivity index (χ3n) is 2.14. The van der Waals surface area contributed by atoms with Crippen LogP contribution < -0.4 is 0 Å². The van der Waals surface area contributed by atoms with Gasteiger partial charge < -0.3 is 5.11 Å². The number of hydrogen-bond acceptors (Lipinski definition) is 2. The summed E-state index contributed by atoms with van der Waals surface area (Å²) in [5.41, 5.74) is 1.33. The van der Waals surface area contributed by atoms with E-state index in [9.17, 15) is 5.11 Å². The molecular weight excluding hydrogens is 260 g/mol. The maximum atomic E-state index is 9.88. The zero-order valence-electron chi connectivity index (χ0n) is 8.88. The van der Waals surface area contributed by atoms with Gasteiger partial charge in [0.2, 0.25) is 0 Å². The van der Waals surface area contributed by atoms with Crippen LogP contribution in [-0.4, -0.2) is 5.11 Å². The van der Waals surface area contributed by atoms with E-state index < -0.39 is 0 Å². The molecule has 0 spiro atoms. The first-order chi connectivity index (χ1) is 6.38. The minimum absolute atomic E-state index is 0.300. The number of hydrogen-bond donors (Lipinski definition) is 1. The summed E-state index contributed by atoms with van der Waals surface area (Å²) in [7, 11) is 0. The van der Waals surface area contributed by atoms with E-state index in [1.165, 1.54) is 0 Å². The van der Waals surface area contributed by atoms with Crippen LogP contribution in [0.3, 0.4) is 0 Å². The van der Waals surface area contributed by atoms with E-state index in [1.807, 2.05) is 11.4 Å². The van der Waals surface area contributed by atoms with Gasteiger partial charge in [0.1, 0.15) is 0 Å². The van der Waals surface area contributed by atoms with Crippen LogP contribution in [0.15, 0.2) is 15.2 Å². The number of rotatable bonds is 3. The summed E-state index contributed by atoms with van der Waals surface area (Å²) in [6.45, 7) is 6.59. The largest absolute Gasteiger partial charge is 0.388 e. The monoisotopic (exact) mass is 276 g/mol. The molecule has 1 unspecified atom stereocenters. The normalized spacial score (nSPS) is 14.4. The molecule has 0 aliphatic heterocycles. The highest BCUT2D eigenvalue weighted by atomic mass is 79.9. The average Bonchev–Trinajstić information content (AvgIpc) is 2.46. The predicted molar refractivity (Wildman–Crippen MR) is 65.7 cm³/mol. The first kappa shape index (κ1) is 12.2. The van der Waals surface area contributed by atoms with Crippen LogP contribution in [0.25, 0.3) is 0 Å². The maximum absolute atomic E-state index is 9.88. The molecule has 1 rings (SSSR count). The van der Waals surface area contributed by atoms with Crippen LogP contribution in [0.5, 0.6) is 0 Å².